The van der Waals surface area contributed by atoms with Crippen molar-refractivity contribution in [2.75, 3.05) is 7.11 Å². The number of nitrogens with zero attached hydrogens (tertiary/aromatic N) is 1. The van der Waals surface area contributed by atoms with Gasteiger partial charge in [0.15, 0.2) is 5.75 Å². The summed E-state index contributed by atoms with van der Waals surface area (Å²) in [6.45, 7) is 5.63. The van der Waals surface area contributed by atoms with Crippen molar-refractivity contribution in [3.63, 3.8) is 0 Å². The van der Waals surface area contributed by atoms with E-state index in [-0.39, 0.29) is 11.2 Å². The van der Waals surface area contributed by atoms with Crippen LogP contribution < -0.4 is 10.2 Å². The second-order valence-corrected chi connectivity index (χ2v) is 4.99. The molecule has 0 unspecified atom stereocenters. The minimum Gasteiger partial charge on any atom is -0.491 e. The van der Waals surface area contributed by atoms with E-state index in [0.29, 0.717) is 23.4 Å². The third-order valence-electron chi connectivity index (χ3n) is 3.62. The maximum absolute atomic E-state index is 12.3. The quantitative estimate of drug-likeness (QED) is 0.609. The van der Waals surface area contributed by atoms with Crippen LogP contribution >= 0.6 is 0 Å². The van der Waals surface area contributed by atoms with Crippen LogP contribution in [-0.4, -0.2) is 17.0 Å². The highest BCUT2D eigenvalue weighted by Crippen LogP contribution is 2.17. The summed E-state index contributed by atoms with van der Waals surface area (Å²) in [7, 11) is 1.46. The Morgan fingerprint density at radius 2 is 1.74 bits per heavy atom. The standard InChI is InChI=1S/C15H25NO3/c1-5-6-7-8-9-10-13-11(2)16(18)12(3)15(19-4)14(13)17/h18H,5-10H2,1-4H3. The molecule has 0 saturated heterocycles. The van der Waals surface area contributed by atoms with E-state index in [0.717, 1.165) is 17.6 Å². The molecule has 1 heterocycles. The second kappa shape index (κ2) is 7.22. The maximum Gasteiger partial charge on any atom is 0.227 e. The van der Waals surface area contributed by atoms with Crippen LogP contribution in [-0.2, 0) is 6.42 Å². The fraction of sp³-hybridized carbons (Fsp3) is 0.667. The van der Waals surface area contributed by atoms with Crippen LogP contribution in [0.5, 0.6) is 5.75 Å². The van der Waals surface area contributed by atoms with Crippen LogP contribution in [0.4, 0.5) is 0 Å². The number of hydrogen-bond acceptors (Lipinski definition) is 3. The first-order valence-corrected chi connectivity index (χ1v) is 7.02. The highest BCUT2D eigenvalue weighted by molar-refractivity contribution is 5.35. The highest BCUT2D eigenvalue weighted by Gasteiger charge is 2.16. The monoisotopic (exact) mass is 267 g/mol. The van der Waals surface area contributed by atoms with Gasteiger partial charge in [-0.3, -0.25) is 4.79 Å². The minimum atomic E-state index is -0.0849. The van der Waals surface area contributed by atoms with Gasteiger partial charge in [-0.15, -0.1) is 0 Å². The second-order valence-electron chi connectivity index (χ2n) is 4.99. The molecule has 1 rings (SSSR count). The molecule has 19 heavy (non-hydrogen) atoms. The lowest BCUT2D eigenvalue weighted by Crippen LogP contribution is -2.21. The van der Waals surface area contributed by atoms with Crippen LogP contribution in [0.2, 0.25) is 0 Å². The number of aromatic nitrogens is 1. The highest BCUT2D eigenvalue weighted by atomic mass is 16.5. The zero-order chi connectivity index (χ0) is 14.4. The Balaban J connectivity index is 2.89. The number of rotatable bonds is 7. The Bertz CT molecular complexity index is 477. The van der Waals surface area contributed by atoms with E-state index in [4.69, 9.17) is 4.74 Å². The fourth-order valence-corrected chi connectivity index (χ4v) is 2.38. The molecule has 0 amide bonds. The van der Waals surface area contributed by atoms with Gasteiger partial charge in [0.25, 0.3) is 0 Å². The minimum absolute atomic E-state index is 0.0849. The van der Waals surface area contributed by atoms with E-state index in [9.17, 15) is 10.0 Å². The average molecular weight is 267 g/mol. The summed E-state index contributed by atoms with van der Waals surface area (Å²) in [6, 6.07) is 0. The topological polar surface area (TPSA) is 51.5 Å². The van der Waals surface area contributed by atoms with Crippen LogP contribution in [0.3, 0.4) is 0 Å². The lowest BCUT2D eigenvalue weighted by Gasteiger charge is -2.15. The molecule has 4 heteroatoms. The molecular formula is C15H25NO3. The smallest absolute Gasteiger partial charge is 0.227 e. The SMILES string of the molecule is CCCCCCCc1c(C)n(O)c(C)c(OC)c1=O. The molecule has 4 nitrogen and oxygen atoms in total. The maximum atomic E-state index is 12.3. The first kappa shape index (κ1) is 15.6. The van der Waals surface area contributed by atoms with E-state index < -0.39 is 0 Å². The largest absolute Gasteiger partial charge is 0.491 e. The predicted octanol–water partition coefficient (Wildman–Crippen LogP) is 3.22. The summed E-state index contributed by atoms with van der Waals surface area (Å²) in [6.07, 6.45) is 6.44. The summed E-state index contributed by atoms with van der Waals surface area (Å²) >= 11 is 0. The van der Waals surface area contributed by atoms with Crippen molar-refractivity contribution in [3.8, 4) is 5.75 Å². The fourth-order valence-electron chi connectivity index (χ4n) is 2.38. The molecule has 1 N–H and O–H groups in total. The summed E-state index contributed by atoms with van der Waals surface area (Å²) in [4.78, 5) is 12.3. The summed E-state index contributed by atoms with van der Waals surface area (Å²) in [5, 5.41) is 9.96. The molecule has 0 fully saturated rings. The van der Waals surface area contributed by atoms with Crippen molar-refractivity contribution in [2.24, 2.45) is 0 Å². The van der Waals surface area contributed by atoms with Gasteiger partial charge in [-0.2, -0.15) is 4.73 Å². The van der Waals surface area contributed by atoms with Gasteiger partial charge >= 0.3 is 0 Å². The van der Waals surface area contributed by atoms with Crippen molar-refractivity contribution in [2.45, 2.75) is 59.3 Å². The van der Waals surface area contributed by atoms with Crippen molar-refractivity contribution in [1.29, 1.82) is 0 Å². The lowest BCUT2D eigenvalue weighted by atomic mass is 10.0. The number of hydrogen-bond donors (Lipinski definition) is 1. The summed E-state index contributed by atoms with van der Waals surface area (Å²) in [5.74, 6) is 0.247. The van der Waals surface area contributed by atoms with Crippen LogP contribution in [0.15, 0.2) is 4.79 Å². The summed E-state index contributed by atoms with van der Waals surface area (Å²) in [5.41, 5.74) is 1.67. The van der Waals surface area contributed by atoms with E-state index in [1.807, 2.05) is 0 Å². The molecule has 1 aromatic heterocycles. The van der Waals surface area contributed by atoms with Crippen molar-refractivity contribution >= 4 is 0 Å². The molecule has 0 aliphatic rings. The van der Waals surface area contributed by atoms with Crippen LogP contribution in [0.1, 0.15) is 56.0 Å². The molecule has 0 spiro atoms. The predicted molar refractivity (Wildman–Crippen MR) is 76.4 cm³/mol. The first-order valence-electron chi connectivity index (χ1n) is 7.02. The van der Waals surface area contributed by atoms with Gasteiger partial charge in [0, 0.05) is 5.56 Å². The molecule has 0 aromatic carbocycles. The van der Waals surface area contributed by atoms with Crippen molar-refractivity contribution in [1.82, 2.24) is 4.73 Å². The van der Waals surface area contributed by atoms with E-state index in [2.05, 4.69) is 6.92 Å². The Kier molecular flexibility index (Phi) is 5.93. The molecule has 0 atom stereocenters. The Morgan fingerprint density at radius 1 is 1.11 bits per heavy atom. The van der Waals surface area contributed by atoms with Crippen molar-refractivity contribution < 1.29 is 9.94 Å². The number of pyridine rings is 1. The van der Waals surface area contributed by atoms with Gasteiger partial charge in [0.05, 0.1) is 18.5 Å². The number of unbranched alkanes of at least 4 members (excludes halogenated alkanes) is 4. The third kappa shape index (κ3) is 3.52. The van der Waals surface area contributed by atoms with Gasteiger partial charge < -0.3 is 9.94 Å². The lowest BCUT2D eigenvalue weighted by molar-refractivity contribution is 0.165. The number of methoxy groups -OCH3 is 1. The average Bonchev–Trinajstić information content (AvgIpc) is 2.40. The normalized spacial score (nSPS) is 10.7. The molecular weight excluding hydrogens is 242 g/mol. The molecule has 0 aliphatic heterocycles. The molecule has 108 valence electrons. The first-order chi connectivity index (χ1) is 9.04. The molecule has 0 saturated carbocycles. The summed E-state index contributed by atoms with van der Waals surface area (Å²) < 4.78 is 6.16. The van der Waals surface area contributed by atoms with Gasteiger partial charge in [-0.1, -0.05) is 32.6 Å². The van der Waals surface area contributed by atoms with E-state index in [1.54, 1.807) is 13.8 Å². The van der Waals surface area contributed by atoms with Gasteiger partial charge in [-0.25, -0.2) is 0 Å². The van der Waals surface area contributed by atoms with Crippen LogP contribution in [0, 0.1) is 13.8 Å². The Labute approximate surface area is 115 Å². The van der Waals surface area contributed by atoms with Crippen LogP contribution in [0.25, 0.3) is 0 Å². The Hall–Kier alpha value is -1.45. The van der Waals surface area contributed by atoms with E-state index in [1.165, 1.54) is 26.4 Å². The van der Waals surface area contributed by atoms with Gasteiger partial charge in [0.1, 0.15) is 0 Å². The number of ether oxygens (including phenoxy) is 1. The zero-order valence-corrected chi connectivity index (χ0v) is 12.5. The van der Waals surface area contributed by atoms with Gasteiger partial charge in [-0.05, 0) is 26.7 Å². The zero-order valence-electron chi connectivity index (χ0n) is 12.5. The molecule has 0 radical (unpaired) electrons. The van der Waals surface area contributed by atoms with Gasteiger partial charge in [0.2, 0.25) is 5.43 Å². The third-order valence-corrected chi connectivity index (χ3v) is 3.62. The van der Waals surface area contributed by atoms with Crippen molar-refractivity contribution in [3.05, 3.63) is 27.2 Å². The van der Waals surface area contributed by atoms with E-state index >= 15 is 0 Å². The molecule has 1 aromatic rings. The Morgan fingerprint density at radius 3 is 2.32 bits per heavy atom. The molecule has 0 bridgehead atoms. The molecule has 0 aliphatic carbocycles.